The summed E-state index contributed by atoms with van der Waals surface area (Å²) >= 11 is 0. The highest BCUT2D eigenvalue weighted by Crippen LogP contribution is 2.62. The van der Waals surface area contributed by atoms with Crippen LogP contribution >= 0.6 is 0 Å². The van der Waals surface area contributed by atoms with E-state index in [1.807, 2.05) is 11.9 Å². The summed E-state index contributed by atoms with van der Waals surface area (Å²) in [6.45, 7) is 4.27. The van der Waals surface area contributed by atoms with Gasteiger partial charge in [0.1, 0.15) is 11.9 Å². The number of aliphatic hydroxyl groups is 1. The van der Waals surface area contributed by atoms with Gasteiger partial charge in [-0.05, 0) is 68.2 Å². The Bertz CT molecular complexity index is 806. The summed E-state index contributed by atoms with van der Waals surface area (Å²) in [6, 6.07) is 6.62. The zero-order chi connectivity index (χ0) is 21.1. The second-order valence-corrected chi connectivity index (χ2v) is 10.4. The lowest BCUT2D eigenvalue weighted by molar-refractivity contribution is -0.147. The van der Waals surface area contributed by atoms with Crippen molar-refractivity contribution in [3.05, 3.63) is 29.8 Å². The van der Waals surface area contributed by atoms with Crippen LogP contribution < -0.4 is 0 Å². The van der Waals surface area contributed by atoms with Crippen molar-refractivity contribution in [2.24, 2.45) is 23.2 Å². The molecule has 2 saturated carbocycles. The molecule has 7 atom stereocenters. The molecule has 0 unspecified atom stereocenters. The van der Waals surface area contributed by atoms with Crippen LogP contribution in [0, 0.1) is 23.2 Å². The van der Waals surface area contributed by atoms with Crippen LogP contribution in [0.5, 0.6) is 5.75 Å². The second-order valence-electron chi connectivity index (χ2n) is 10.4. The van der Waals surface area contributed by atoms with Gasteiger partial charge in [-0.3, -0.25) is 4.79 Å². The third-order valence-corrected chi connectivity index (χ3v) is 8.35. The largest absolute Gasteiger partial charge is 0.508 e. The summed E-state index contributed by atoms with van der Waals surface area (Å²) in [7, 11) is 1.95. The first-order chi connectivity index (χ1) is 14.3. The molecule has 1 aromatic rings. The molecule has 0 amide bonds. The van der Waals surface area contributed by atoms with Gasteiger partial charge in [-0.15, -0.1) is 0 Å². The molecule has 2 heterocycles. The number of phenolic OH excluding ortho intramolecular Hbond substituents is 1. The van der Waals surface area contributed by atoms with Gasteiger partial charge in [0.25, 0.3) is 0 Å². The number of phenols is 1. The molecule has 2 N–H and O–H groups in total. The van der Waals surface area contributed by atoms with Crippen LogP contribution in [-0.4, -0.2) is 59.5 Å². The molecular weight excluding hydrogens is 382 g/mol. The van der Waals surface area contributed by atoms with Crippen molar-refractivity contribution in [1.82, 2.24) is 4.90 Å². The Morgan fingerprint density at radius 1 is 1.27 bits per heavy atom. The molecule has 0 radical (unpaired) electrons. The molecule has 6 nitrogen and oxygen atoms in total. The van der Waals surface area contributed by atoms with Gasteiger partial charge in [-0.2, -0.15) is 0 Å². The number of hydrogen-bond donors (Lipinski definition) is 2. The minimum absolute atomic E-state index is 0.0214. The summed E-state index contributed by atoms with van der Waals surface area (Å²) in [4.78, 5) is 14.8. The fraction of sp³-hybridized carbons (Fsp3) is 0.708. The van der Waals surface area contributed by atoms with Crippen molar-refractivity contribution in [2.45, 2.75) is 56.8 Å². The van der Waals surface area contributed by atoms with E-state index in [0.29, 0.717) is 19.0 Å². The molecule has 4 fully saturated rings. The molecule has 1 spiro atoms. The first-order valence-electron chi connectivity index (χ1n) is 11.3. The monoisotopic (exact) mass is 415 g/mol. The fourth-order valence-electron chi connectivity index (χ4n) is 6.67. The van der Waals surface area contributed by atoms with Crippen molar-refractivity contribution in [2.75, 3.05) is 26.7 Å². The first-order valence-corrected chi connectivity index (χ1v) is 11.3. The standard InChI is InChI=1S/C24H33NO5/c1-23-8-3-9-24(14-29-24)21(23)10-17-18(22(28)30-20(17)11-23)12-25(2)13-19(27)15-4-6-16(26)7-5-15/h4-7,17-21,26-27H,3,8-14H2,1-2H3/t17-,18-,19+,20-,21-,23-,24+/m1/s1. The highest BCUT2D eigenvalue weighted by atomic mass is 16.6. The van der Waals surface area contributed by atoms with Crippen LogP contribution in [0.3, 0.4) is 0 Å². The minimum atomic E-state index is -0.667. The van der Waals surface area contributed by atoms with Gasteiger partial charge < -0.3 is 24.6 Å². The Kier molecular flexibility index (Phi) is 4.88. The van der Waals surface area contributed by atoms with E-state index < -0.39 is 6.10 Å². The molecule has 2 aliphatic carbocycles. The summed E-state index contributed by atoms with van der Waals surface area (Å²) < 4.78 is 11.9. The average molecular weight is 416 g/mol. The Labute approximate surface area is 178 Å². The van der Waals surface area contributed by atoms with E-state index in [1.165, 1.54) is 12.8 Å². The number of hydrogen-bond acceptors (Lipinski definition) is 6. The molecule has 164 valence electrons. The van der Waals surface area contributed by atoms with Crippen LogP contribution in [0.25, 0.3) is 0 Å². The molecule has 30 heavy (non-hydrogen) atoms. The van der Waals surface area contributed by atoms with E-state index in [0.717, 1.165) is 31.4 Å². The topological polar surface area (TPSA) is 82.5 Å². The zero-order valence-electron chi connectivity index (χ0n) is 17.9. The molecule has 4 aliphatic rings. The number of rotatable bonds is 5. The molecule has 5 rings (SSSR count). The predicted molar refractivity (Wildman–Crippen MR) is 111 cm³/mol. The van der Waals surface area contributed by atoms with E-state index in [-0.39, 0.29) is 40.7 Å². The molecule has 2 aliphatic heterocycles. The van der Waals surface area contributed by atoms with E-state index in [1.54, 1.807) is 24.3 Å². The number of benzene rings is 1. The summed E-state index contributed by atoms with van der Waals surface area (Å²) in [6.07, 6.45) is 4.88. The quantitative estimate of drug-likeness (QED) is 0.568. The van der Waals surface area contributed by atoms with Crippen LogP contribution in [-0.2, 0) is 14.3 Å². The number of esters is 1. The Hall–Kier alpha value is -1.63. The number of carbonyl (C=O) groups is 1. The number of nitrogens with zero attached hydrogens (tertiary/aromatic N) is 1. The van der Waals surface area contributed by atoms with Crippen molar-refractivity contribution < 1.29 is 24.5 Å². The zero-order valence-corrected chi connectivity index (χ0v) is 17.9. The lowest BCUT2D eigenvalue weighted by Gasteiger charge is -2.51. The van der Waals surface area contributed by atoms with Crippen LogP contribution in [0.15, 0.2) is 24.3 Å². The summed E-state index contributed by atoms with van der Waals surface area (Å²) in [5.74, 6) is 0.717. The van der Waals surface area contributed by atoms with Crippen LogP contribution in [0.2, 0.25) is 0 Å². The predicted octanol–water partition coefficient (Wildman–Crippen LogP) is 2.88. The summed E-state index contributed by atoms with van der Waals surface area (Å²) in [5, 5.41) is 20.0. The number of likely N-dealkylation sites (N-methyl/N-ethyl adjacent to an activating group) is 1. The lowest BCUT2D eigenvalue weighted by atomic mass is 9.53. The molecular formula is C24H33NO5. The van der Waals surface area contributed by atoms with Gasteiger partial charge in [0.2, 0.25) is 0 Å². The lowest BCUT2D eigenvalue weighted by Crippen LogP contribution is -2.51. The average Bonchev–Trinajstić information content (AvgIpc) is 3.40. The van der Waals surface area contributed by atoms with E-state index in [9.17, 15) is 15.0 Å². The van der Waals surface area contributed by atoms with Gasteiger partial charge in [0.15, 0.2) is 0 Å². The minimum Gasteiger partial charge on any atom is -0.508 e. The van der Waals surface area contributed by atoms with E-state index >= 15 is 0 Å². The molecule has 6 heteroatoms. The maximum absolute atomic E-state index is 12.8. The normalized spacial score (nSPS) is 40.7. The number of aliphatic hydroxyl groups excluding tert-OH is 1. The number of ether oxygens (including phenoxy) is 2. The van der Waals surface area contributed by atoms with E-state index in [2.05, 4.69) is 6.92 Å². The third kappa shape index (κ3) is 3.43. The number of fused-ring (bicyclic) bond motifs is 3. The molecule has 2 saturated heterocycles. The SMILES string of the molecule is CN(C[C@H](O)c1ccc(O)cc1)C[C@H]1C(=O)O[C@@H]2C[C@@]3(C)CCC[C@]4(CO4)[C@@H]3C[C@@H]21. The van der Waals surface area contributed by atoms with Gasteiger partial charge in [0.05, 0.1) is 24.2 Å². The Balaban J connectivity index is 1.26. The third-order valence-electron chi connectivity index (χ3n) is 8.35. The van der Waals surface area contributed by atoms with Gasteiger partial charge in [0, 0.05) is 19.0 Å². The smallest absolute Gasteiger partial charge is 0.310 e. The first kappa shape index (κ1) is 20.3. The maximum atomic E-state index is 12.8. The number of epoxide rings is 1. The van der Waals surface area contributed by atoms with Gasteiger partial charge >= 0.3 is 5.97 Å². The highest BCUT2D eigenvalue weighted by Gasteiger charge is 2.65. The number of aromatic hydroxyl groups is 1. The van der Waals surface area contributed by atoms with Gasteiger partial charge in [-0.1, -0.05) is 19.1 Å². The maximum Gasteiger partial charge on any atom is 0.310 e. The second kappa shape index (κ2) is 7.21. The number of carbonyl (C=O) groups excluding carboxylic acids is 1. The van der Waals surface area contributed by atoms with Crippen molar-refractivity contribution in [3.63, 3.8) is 0 Å². The highest BCUT2D eigenvalue weighted by molar-refractivity contribution is 5.75. The van der Waals surface area contributed by atoms with Gasteiger partial charge in [-0.25, -0.2) is 0 Å². The Morgan fingerprint density at radius 3 is 2.70 bits per heavy atom. The fourth-order valence-corrected chi connectivity index (χ4v) is 6.67. The van der Waals surface area contributed by atoms with E-state index in [4.69, 9.17) is 9.47 Å². The van der Waals surface area contributed by atoms with Crippen molar-refractivity contribution in [3.8, 4) is 5.75 Å². The molecule has 0 aromatic heterocycles. The molecule has 1 aromatic carbocycles. The van der Waals surface area contributed by atoms with Crippen molar-refractivity contribution in [1.29, 1.82) is 0 Å². The van der Waals surface area contributed by atoms with Crippen LogP contribution in [0.4, 0.5) is 0 Å². The Morgan fingerprint density at radius 2 is 2.00 bits per heavy atom. The van der Waals surface area contributed by atoms with Crippen LogP contribution in [0.1, 0.15) is 50.7 Å². The van der Waals surface area contributed by atoms with Crippen molar-refractivity contribution >= 4 is 5.97 Å². The summed E-state index contributed by atoms with van der Waals surface area (Å²) in [5.41, 5.74) is 1.04. The molecule has 0 bridgehead atoms.